The molecule has 0 fully saturated rings. The molecule has 88 valence electrons. The van der Waals surface area contributed by atoms with E-state index in [1.807, 2.05) is 24.3 Å². The maximum Gasteiger partial charge on any atom is 0.134 e. The van der Waals surface area contributed by atoms with Crippen molar-refractivity contribution in [2.45, 2.75) is 6.61 Å². The molecular formula is C13H9Br2FO. The normalized spacial score (nSPS) is 10.3. The number of hydrogen-bond donors (Lipinski definition) is 0. The van der Waals surface area contributed by atoms with E-state index in [-0.39, 0.29) is 5.82 Å². The molecule has 0 N–H and O–H groups in total. The van der Waals surface area contributed by atoms with Crippen LogP contribution in [0.3, 0.4) is 0 Å². The molecule has 2 aromatic carbocycles. The standard InChI is InChI=1S/C13H9Br2FO/c14-11-4-2-1-3-9(11)8-17-13-6-5-10(16)7-12(13)15/h1-7H,8H2. The van der Waals surface area contributed by atoms with Gasteiger partial charge in [-0.1, -0.05) is 34.1 Å². The molecule has 0 aliphatic rings. The largest absolute Gasteiger partial charge is 0.488 e. The summed E-state index contributed by atoms with van der Waals surface area (Å²) in [5.74, 6) is 0.340. The number of halogens is 3. The third-order valence-corrected chi connectivity index (χ3v) is 3.63. The lowest BCUT2D eigenvalue weighted by molar-refractivity contribution is 0.303. The van der Waals surface area contributed by atoms with Crippen molar-refractivity contribution >= 4 is 31.9 Å². The van der Waals surface area contributed by atoms with Gasteiger partial charge in [-0.2, -0.15) is 0 Å². The zero-order chi connectivity index (χ0) is 12.3. The van der Waals surface area contributed by atoms with Gasteiger partial charge in [0.1, 0.15) is 18.2 Å². The Labute approximate surface area is 116 Å². The zero-order valence-corrected chi connectivity index (χ0v) is 12.0. The first-order chi connectivity index (χ1) is 8.16. The van der Waals surface area contributed by atoms with Gasteiger partial charge in [0.05, 0.1) is 4.47 Å². The molecule has 0 aliphatic carbocycles. The Kier molecular flexibility index (Phi) is 4.18. The van der Waals surface area contributed by atoms with Crippen LogP contribution in [0.15, 0.2) is 51.4 Å². The van der Waals surface area contributed by atoms with Gasteiger partial charge in [0.25, 0.3) is 0 Å². The van der Waals surface area contributed by atoms with Gasteiger partial charge in [0.2, 0.25) is 0 Å². The molecule has 1 nitrogen and oxygen atoms in total. The highest BCUT2D eigenvalue weighted by atomic mass is 79.9. The Morgan fingerprint density at radius 3 is 2.47 bits per heavy atom. The van der Waals surface area contributed by atoms with Gasteiger partial charge in [-0.25, -0.2) is 4.39 Å². The van der Waals surface area contributed by atoms with Gasteiger partial charge in [-0.05, 0) is 40.2 Å². The SMILES string of the molecule is Fc1ccc(OCc2ccccc2Br)c(Br)c1. The highest BCUT2D eigenvalue weighted by Crippen LogP contribution is 2.27. The predicted molar refractivity (Wildman–Crippen MR) is 72.6 cm³/mol. The van der Waals surface area contributed by atoms with Crippen molar-refractivity contribution in [3.8, 4) is 5.75 Å². The van der Waals surface area contributed by atoms with Crippen molar-refractivity contribution in [1.82, 2.24) is 0 Å². The first kappa shape index (κ1) is 12.6. The average Bonchev–Trinajstić information content (AvgIpc) is 2.30. The van der Waals surface area contributed by atoms with E-state index in [1.54, 1.807) is 6.07 Å². The summed E-state index contributed by atoms with van der Waals surface area (Å²) in [6.07, 6.45) is 0. The number of benzene rings is 2. The van der Waals surface area contributed by atoms with Crippen LogP contribution in [0, 0.1) is 5.82 Å². The Bertz CT molecular complexity index is 529. The smallest absolute Gasteiger partial charge is 0.134 e. The average molecular weight is 360 g/mol. The predicted octanol–water partition coefficient (Wildman–Crippen LogP) is 4.93. The van der Waals surface area contributed by atoms with Crippen LogP contribution in [-0.2, 0) is 6.61 Å². The third kappa shape index (κ3) is 3.30. The van der Waals surface area contributed by atoms with Crippen LogP contribution >= 0.6 is 31.9 Å². The quantitative estimate of drug-likeness (QED) is 0.754. The van der Waals surface area contributed by atoms with Crippen LogP contribution in [0.2, 0.25) is 0 Å². The van der Waals surface area contributed by atoms with Crippen LogP contribution < -0.4 is 4.74 Å². The number of rotatable bonds is 3. The molecule has 0 bridgehead atoms. The van der Waals surface area contributed by atoms with Crippen molar-refractivity contribution in [2.75, 3.05) is 0 Å². The Morgan fingerprint density at radius 1 is 1.00 bits per heavy atom. The Hall–Kier alpha value is -0.870. The number of hydrogen-bond acceptors (Lipinski definition) is 1. The first-order valence-corrected chi connectivity index (χ1v) is 6.56. The van der Waals surface area contributed by atoms with Crippen LogP contribution in [0.1, 0.15) is 5.56 Å². The summed E-state index contributed by atoms with van der Waals surface area (Å²) < 4.78 is 20.1. The minimum atomic E-state index is -0.287. The highest BCUT2D eigenvalue weighted by molar-refractivity contribution is 9.10. The fourth-order valence-corrected chi connectivity index (χ4v) is 2.23. The van der Waals surface area contributed by atoms with E-state index in [0.717, 1.165) is 10.0 Å². The van der Waals surface area contributed by atoms with E-state index in [0.29, 0.717) is 16.8 Å². The van der Waals surface area contributed by atoms with Gasteiger partial charge in [0, 0.05) is 10.0 Å². The van der Waals surface area contributed by atoms with Gasteiger partial charge in [-0.15, -0.1) is 0 Å². The third-order valence-electron chi connectivity index (χ3n) is 2.23. The summed E-state index contributed by atoms with van der Waals surface area (Å²) in [5.41, 5.74) is 1.05. The van der Waals surface area contributed by atoms with E-state index >= 15 is 0 Å². The summed E-state index contributed by atoms with van der Waals surface area (Å²) in [5, 5.41) is 0. The zero-order valence-electron chi connectivity index (χ0n) is 8.79. The van der Waals surface area contributed by atoms with E-state index in [9.17, 15) is 4.39 Å². The van der Waals surface area contributed by atoms with E-state index in [1.165, 1.54) is 12.1 Å². The summed E-state index contributed by atoms with van der Waals surface area (Å²) in [4.78, 5) is 0. The molecule has 0 unspecified atom stereocenters. The molecule has 0 heterocycles. The van der Waals surface area contributed by atoms with E-state index < -0.39 is 0 Å². The fraction of sp³-hybridized carbons (Fsp3) is 0.0769. The molecule has 0 spiro atoms. The minimum Gasteiger partial charge on any atom is -0.488 e. The highest BCUT2D eigenvalue weighted by Gasteiger charge is 2.04. The van der Waals surface area contributed by atoms with Gasteiger partial charge in [0.15, 0.2) is 0 Å². The van der Waals surface area contributed by atoms with Gasteiger partial charge < -0.3 is 4.74 Å². The lowest BCUT2D eigenvalue weighted by atomic mass is 10.2. The number of ether oxygens (including phenoxy) is 1. The second-order valence-electron chi connectivity index (χ2n) is 3.45. The molecule has 2 rings (SSSR count). The molecule has 0 amide bonds. The lowest BCUT2D eigenvalue weighted by Gasteiger charge is -2.09. The minimum absolute atomic E-state index is 0.287. The molecule has 0 aliphatic heterocycles. The Balaban J connectivity index is 2.10. The van der Waals surface area contributed by atoms with Crippen LogP contribution in [0.25, 0.3) is 0 Å². The monoisotopic (exact) mass is 358 g/mol. The summed E-state index contributed by atoms with van der Waals surface area (Å²) in [6.45, 7) is 0.436. The Morgan fingerprint density at radius 2 is 1.76 bits per heavy atom. The molecule has 17 heavy (non-hydrogen) atoms. The van der Waals surface area contributed by atoms with E-state index in [2.05, 4.69) is 31.9 Å². The lowest BCUT2D eigenvalue weighted by Crippen LogP contribution is -1.97. The summed E-state index contributed by atoms with van der Waals surface area (Å²) in [7, 11) is 0. The van der Waals surface area contributed by atoms with Crippen LogP contribution in [-0.4, -0.2) is 0 Å². The van der Waals surface area contributed by atoms with E-state index in [4.69, 9.17) is 4.74 Å². The maximum atomic E-state index is 12.9. The van der Waals surface area contributed by atoms with Gasteiger partial charge in [-0.3, -0.25) is 0 Å². The van der Waals surface area contributed by atoms with Crippen LogP contribution in [0.5, 0.6) is 5.75 Å². The summed E-state index contributed by atoms with van der Waals surface area (Å²) >= 11 is 6.71. The van der Waals surface area contributed by atoms with Crippen molar-refractivity contribution in [3.05, 3.63) is 62.8 Å². The molecule has 0 atom stereocenters. The van der Waals surface area contributed by atoms with Crippen molar-refractivity contribution in [3.63, 3.8) is 0 Å². The molecule has 4 heteroatoms. The maximum absolute atomic E-state index is 12.9. The summed E-state index contributed by atoms with van der Waals surface area (Å²) in [6, 6.07) is 12.2. The molecular weight excluding hydrogens is 351 g/mol. The van der Waals surface area contributed by atoms with Crippen LogP contribution in [0.4, 0.5) is 4.39 Å². The van der Waals surface area contributed by atoms with Gasteiger partial charge >= 0.3 is 0 Å². The molecule has 0 radical (unpaired) electrons. The second-order valence-corrected chi connectivity index (χ2v) is 5.16. The molecule has 2 aromatic rings. The van der Waals surface area contributed by atoms with Crippen molar-refractivity contribution in [2.24, 2.45) is 0 Å². The van der Waals surface area contributed by atoms with Crippen molar-refractivity contribution in [1.29, 1.82) is 0 Å². The molecule has 0 aromatic heterocycles. The topological polar surface area (TPSA) is 9.23 Å². The second kappa shape index (κ2) is 5.65. The molecule has 0 saturated carbocycles. The van der Waals surface area contributed by atoms with Crippen molar-refractivity contribution < 1.29 is 9.13 Å². The fourth-order valence-electron chi connectivity index (χ4n) is 1.36. The first-order valence-electron chi connectivity index (χ1n) is 4.98. The molecule has 0 saturated heterocycles.